The molecule has 0 unspecified atom stereocenters. The first-order valence-electron chi connectivity index (χ1n) is 6.38. The van der Waals surface area contributed by atoms with E-state index in [2.05, 4.69) is 80.5 Å². The van der Waals surface area contributed by atoms with Crippen molar-refractivity contribution in [3.8, 4) is 5.75 Å². The molecule has 0 aromatic heterocycles. The zero-order valence-electron chi connectivity index (χ0n) is 11.5. The van der Waals surface area contributed by atoms with Crippen LogP contribution in [0.4, 0.5) is 0 Å². The predicted molar refractivity (Wildman–Crippen MR) is 90.1 cm³/mol. The number of aryl methyl sites for hydroxylation is 1. The first-order valence-corrected chi connectivity index (χ1v) is 7.97. The summed E-state index contributed by atoms with van der Waals surface area (Å²) < 4.78 is 7.22. The second kappa shape index (κ2) is 7.25. The van der Waals surface area contributed by atoms with Crippen LogP contribution in [0, 0.1) is 6.92 Å². The van der Waals surface area contributed by atoms with Crippen LogP contribution in [0.1, 0.15) is 16.7 Å². The minimum absolute atomic E-state index is 0.815. The molecular weight excluding hydrogens is 382 g/mol. The Balaban J connectivity index is 1.96. The summed E-state index contributed by atoms with van der Waals surface area (Å²) in [5.41, 5.74) is 3.79. The van der Waals surface area contributed by atoms with Gasteiger partial charge >= 0.3 is 0 Å². The van der Waals surface area contributed by atoms with E-state index in [9.17, 15) is 0 Å². The smallest absolute Gasteiger partial charge is 0.147 e. The van der Waals surface area contributed by atoms with E-state index >= 15 is 0 Å². The van der Waals surface area contributed by atoms with E-state index in [0.29, 0.717) is 0 Å². The number of ether oxygens (including phenoxy) is 1. The van der Waals surface area contributed by atoms with Crippen LogP contribution in [0.5, 0.6) is 5.75 Å². The fraction of sp³-hybridized carbons (Fsp3) is 0.250. The molecule has 2 rings (SSSR count). The molecule has 0 radical (unpaired) electrons. The molecule has 2 nitrogen and oxygen atoms in total. The van der Waals surface area contributed by atoms with Crippen LogP contribution < -0.4 is 10.1 Å². The molecular formula is C16H17Br2NO. The minimum atomic E-state index is 0.815. The van der Waals surface area contributed by atoms with Crippen molar-refractivity contribution < 1.29 is 4.74 Å². The highest BCUT2D eigenvalue weighted by Crippen LogP contribution is 2.34. The lowest BCUT2D eigenvalue weighted by Crippen LogP contribution is -2.12. The molecule has 1 N–H and O–H groups in total. The van der Waals surface area contributed by atoms with Gasteiger partial charge in [-0.15, -0.1) is 0 Å². The zero-order chi connectivity index (χ0) is 14.5. The molecule has 0 saturated heterocycles. The third kappa shape index (κ3) is 4.08. The van der Waals surface area contributed by atoms with Gasteiger partial charge in [0, 0.05) is 13.1 Å². The Morgan fingerprint density at radius 3 is 2.05 bits per heavy atom. The first-order chi connectivity index (χ1) is 9.60. The van der Waals surface area contributed by atoms with Crippen LogP contribution >= 0.6 is 31.9 Å². The van der Waals surface area contributed by atoms with Crippen LogP contribution in [0.2, 0.25) is 0 Å². The molecule has 0 heterocycles. The van der Waals surface area contributed by atoms with E-state index in [1.165, 1.54) is 16.7 Å². The summed E-state index contributed by atoms with van der Waals surface area (Å²) in [7, 11) is 1.67. The van der Waals surface area contributed by atoms with Crippen molar-refractivity contribution in [3.63, 3.8) is 0 Å². The maximum absolute atomic E-state index is 5.30. The lowest BCUT2D eigenvalue weighted by atomic mass is 10.1. The fourth-order valence-corrected chi connectivity index (χ4v) is 3.57. The van der Waals surface area contributed by atoms with E-state index in [1.807, 2.05) is 0 Å². The lowest BCUT2D eigenvalue weighted by Gasteiger charge is -2.10. The zero-order valence-corrected chi connectivity index (χ0v) is 14.7. The molecule has 0 fully saturated rings. The molecule has 0 amide bonds. The number of hydrogen-bond acceptors (Lipinski definition) is 2. The van der Waals surface area contributed by atoms with Gasteiger partial charge in [-0.05, 0) is 62.0 Å². The van der Waals surface area contributed by atoms with Gasteiger partial charge in [-0.3, -0.25) is 0 Å². The summed E-state index contributed by atoms with van der Waals surface area (Å²) in [4.78, 5) is 0. The average molecular weight is 399 g/mol. The number of methoxy groups -OCH3 is 1. The topological polar surface area (TPSA) is 21.3 Å². The van der Waals surface area contributed by atoms with E-state index in [-0.39, 0.29) is 0 Å². The maximum Gasteiger partial charge on any atom is 0.147 e. The van der Waals surface area contributed by atoms with Gasteiger partial charge in [0.05, 0.1) is 16.1 Å². The summed E-state index contributed by atoms with van der Waals surface area (Å²) in [6.45, 7) is 3.78. The van der Waals surface area contributed by atoms with Crippen LogP contribution in [0.3, 0.4) is 0 Å². The molecule has 0 aliphatic rings. The third-order valence-electron chi connectivity index (χ3n) is 3.04. The van der Waals surface area contributed by atoms with Crippen molar-refractivity contribution in [1.29, 1.82) is 0 Å². The molecule has 106 valence electrons. The Hall–Kier alpha value is -0.840. The Kier molecular flexibility index (Phi) is 5.64. The number of benzene rings is 2. The normalized spacial score (nSPS) is 10.6. The Bertz CT molecular complexity index is 559. The van der Waals surface area contributed by atoms with Crippen molar-refractivity contribution in [2.24, 2.45) is 0 Å². The van der Waals surface area contributed by atoms with Crippen molar-refractivity contribution in [1.82, 2.24) is 5.32 Å². The molecule has 0 aliphatic carbocycles. The molecule has 0 aliphatic heterocycles. The largest absolute Gasteiger partial charge is 0.494 e. The molecule has 4 heteroatoms. The van der Waals surface area contributed by atoms with Gasteiger partial charge in [-0.25, -0.2) is 0 Å². The summed E-state index contributed by atoms with van der Waals surface area (Å²) in [5.74, 6) is 0.826. The van der Waals surface area contributed by atoms with Crippen LogP contribution in [-0.4, -0.2) is 7.11 Å². The quantitative estimate of drug-likeness (QED) is 0.779. The Morgan fingerprint density at radius 2 is 1.50 bits per heavy atom. The minimum Gasteiger partial charge on any atom is -0.494 e. The monoisotopic (exact) mass is 397 g/mol. The number of rotatable bonds is 5. The van der Waals surface area contributed by atoms with Crippen molar-refractivity contribution in [2.75, 3.05) is 7.11 Å². The molecule has 0 spiro atoms. The summed E-state index contributed by atoms with van der Waals surface area (Å²) in [5, 5.41) is 3.45. The lowest BCUT2D eigenvalue weighted by molar-refractivity contribution is 0.409. The van der Waals surface area contributed by atoms with Crippen molar-refractivity contribution in [2.45, 2.75) is 20.0 Å². The van der Waals surface area contributed by atoms with E-state index < -0.39 is 0 Å². The van der Waals surface area contributed by atoms with Gasteiger partial charge in [-0.1, -0.05) is 29.8 Å². The highest BCUT2D eigenvalue weighted by molar-refractivity contribution is 9.11. The SMILES string of the molecule is COc1c(Br)cc(CNCc2ccc(C)cc2)cc1Br. The second-order valence-electron chi connectivity index (χ2n) is 4.68. The first kappa shape index (κ1) is 15.5. The van der Waals surface area contributed by atoms with Gasteiger partial charge in [-0.2, -0.15) is 0 Å². The van der Waals surface area contributed by atoms with Gasteiger partial charge in [0.1, 0.15) is 5.75 Å². The van der Waals surface area contributed by atoms with Gasteiger partial charge in [0.15, 0.2) is 0 Å². The van der Waals surface area contributed by atoms with E-state index in [0.717, 1.165) is 27.8 Å². The van der Waals surface area contributed by atoms with Gasteiger partial charge in [0.25, 0.3) is 0 Å². The van der Waals surface area contributed by atoms with E-state index in [1.54, 1.807) is 7.11 Å². The Labute approximate surface area is 136 Å². The highest BCUT2D eigenvalue weighted by Gasteiger charge is 2.07. The number of nitrogens with one attached hydrogen (secondary N) is 1. The highest BCUT2D eigenvalue weighted by atomic mass is 79.9. The standard InChI is InChI=1S/C16H17Br2NO/c1-11-3-5-12(6-4-11)9-19-10-13-7-14(17)16(20-2)15(18)8-13/h3-8,19H,9-10H2,1-2H3. The predicted octanol–water partition coefficient (Wildman–Crippen LogP) is 4.82. The Morgan fingerprint density at radius 1 is 0.950 bits per heavy atom. The van der Waals surface area contributed by atoms with Crippen LogP contribution in [0.15, 0.2) is 45.3 Å². The summed E-state index contributed by atoms with van der Waals surface area (Å²) in [6, 6.07) is 12.7. The van der Waals surface area contributed by atoms with Crippen LogP contribution in [-0.2, 0) is 13.1 Å². The third-order valence-corrected chi connectivity index (χ3v) is 4.22. The molecule has 2 aromatic rings. The average Bonchev–Trinajstić information content (AvgIpc) is 2.41. The molecule has 20 heavy (non-hydrogen) atoms. The molecule has 0 saturated carbocycles. The summed E-state index contributed by atoms with van der Waals surface area (Å²) in [6.07, 6.45) is 0. The van der Waals surface area contributed by atoms with E-state index in [4.69, 9.17) is 4.74 Å². The molecule has 2 aromatic carbocycles. The number of halogens is 2. The molecule has 0 atom stereocenters. The van der Waals surface area contributed by atoms with Gasteiger partial charge < -0.3 is 10.1 Å². The summed E-state index contributed by atoms with van der Waals surface area (Å²) >= 11 is 7.04. The van der Waals surface area contributed by atoms with Crippen LogP contribution in [0.25, 0.3) is 0 Å². The molecule has 0 bridgehead atoms. The maximum atomic E-state index is 5.30. The fourth-order valence-electron chi connectivity index (χ4n) is 1.97. The van der Waals surface area contributed by atoms with Crippen molar-refractivity contribution in [3.05, 3.63) is 62.0 Å². The van der Waals surface area contributed by atoms with Crippen molar-refractivity contribution >= 4 is 31.9 Å². The number of hydrogen-bond donors (Lipinski definition) is 1. The van der Waals surface area contributed by atoms with Gasteiger partial charge in [0.2, 0.25) is 0 Å². The second-order valence-corrected chi connectivity index (χ2v) is 6.39.